The summed E-state index contributed by atoms with van der Waals surface area (Å²) in [7, 11) is 1.47. The monoisotopic (exact) mass is 300 g/mol. The van der Waals surface area contributed by atoms with Gasteiger partial charge >= 0.3 is 0 Å². The van der Waals surface area contributed by atoms with E-state index in [2.05, 4.69) is 29.0 Å². The summed E-state index contributed by atoms with van der Waals surface area (Å²) in [6.45, 7) is 6.99. The molecule has 3 nitrogen and oxygen atoms in total. The van der Waals surface area contributed by atoms with Crippen molar-refractivity contribution >= 4 is 22.3 Å². The number of benzene rings is 1. The van der Waals surface area contributed by atoms with Gasteiger partial charge in [0.1, 0.15) is 11.6 Å². The Balaban J connectivity index is 0.000000360. The summed E-state index contributed by atoms with van der Waals surface area (Å²) in [4.78, 5) is 21.3. The summed E-state index contributed by atoms with van der Waals surface area (Å²) < 4.78 is 4.68. The van der Waals surface area contributed by atoms with Gasteiger partial charge in [-0.1, -0.05) is 50.2 Å². The summed E-state index contributed by atoms with van der Waals surface area (Å²) >= 11 is 0. The third-order valence-electron chi connectivity index (χ3n) is 2.85. The average molecular weight is 300 g/mol. The van der Waals surface area contributed by atoms with Gasteiger partial charge in [-0.3, -0.25) is 9.59 Å². The number of ether oxygens (including phenoxy) is 1. The molecule has 0 spiro atoms. The van der Waals surface area contributed by atoms with E-state index in [1.807, 2.05) is 38.1 Å². The van der Waals surface area contributed by atoms with E-state index in [1.165, 1.54) is 31.7 Å². The first-order chi connectivity index (χ1) is 10.6. The van der Waals surface area contributed by atoms with Gasteiger partial charge in [0.15, 0.2) is 0 Å². The van der Waals surface area contributed by atoms with Crippen molar-refractivity contribution in [3.63, 3.8) is 0 Å². The van der Waals surface area contributed by atoms with Gasteiger partial charge in [0.2, 0.25) is 0 Å². The molecule has 0 aliphatic carbocycles. The molecule has 0 aliphatic rings. The molecular formula is C19H24O3. The lowest BCUT2D eigenvalue weighted by Gasteiger charge is -2.06. The van der Waals surface area contributed by atoms with E-state index in [0.717, 1.165) is 0 Å². The lowest BCUT2D eigenvalue weighted by Crippen LogP contribution is -2.24. The van der Waals surface area contributed by atoms with Crippen LogP contribution in [0.2, 0.25) is 0 Å². The molecule has 0 radical (unpaired) electrons. The summed E-state index contributed by atoms with van der Waals surface area (Å²) in [6.07, 6.45) is 0. The van der Waals surface area contributed by atoms with E-state index in [0.29, 0.717) is 0 Å². The quantitative estimate of drug-likeness (QED) is 0.804. The predicted molar refractivity (Wildman–Crippen MR) is 89.7 cm³/mol. The van der Waals surface area contributed by atoms with Gasteiger partial charge in [-0.15, -0.1) is 0 Å². The first kappa shape index (κ1) is 19.8. The molecule has 0 aliphatic heterocycles. The summed E-state index contributed by atoms with van der Waals surface area (Å²) in [5, 5.41) is 2.45. The fourth-order valence-electron chi connectivity index (χ4n) is 1.70. The highest BCUT2D eigenvalue weighted by atomic mass is 16.5. The molecule has 0 atom stereocenters. The van der Waals surface area contributed by atoms with Crippen molar-refractivity contribution in [1.29, 1.82) is 0 Å². The Labute approximate surface area is 133 Å². The molecule has 0 bridgehead atoms. The summed E-state index contributed by atoms with van der Waals surface area (Å²) in [5.74, 6) is -0.825. The van der Waals surface area contributed by atoms with Crippen LogP contribution in [0.1, 0.15) is 27.7 Å². The Morgan fingerprint density at radius 1 is 1.00 bits per heavy atom. The van der Waals surface area contributed by atoms with Gasteiger partial charge in [0.25, 0.3) is 0 Å². The van der Waals surface area contributed by atoms with Gasteiger partial charge in [-0.05, 0) is 36.8 Å². The fraction of sp³-hybridized carbons (Fsp3) is 0.368. The first-order valence-electron chi connectivity index (χ1n) is 7.32. The molecule has 2 aromatic rings. The van der Waals surface area contributed by atoms with Gasteiger partial charge in [-0.25, -0.2) is 0 Å². The van der Waals surface area contributed by atoms with Crippen LogP contribution in [0, 0.1) is 18.1 Å². The maximum Gasteiger partial charge on any atom is 0.142 e. The SMILES string of the molecule is CC.COCC(C(C)=O)C(C)=O.c1cc2ccccc2cc#1. The van der Waals surface area contributed by atoms with Crippen LogP contribution in [-0.2, 0) is 14.3 Å². The van der Waals surface area contributed by atoms with Gasteiger partial charge in [-0.2, -0.15) is 0 Å². The molecule has 0 fully saturated rings. The molecule has 0 N–H and O–H groups in total. The highest BCUT2D eigenvalue weighted by Gasteiger charge is 2.18. The van der Waals surface area contributed by atoms with E-state index in [1.54, 1.807) is 0 Å². The number of carbonyl (C=O) groups is 2. The zero-order chi connectivity index (χ0) is 17.0. The molecule has 2 rings (SSSR count). The third kappa shape index (κ3) is 7.01. The molecule has 0 saturated carbocycles. The van der Waals surface area contributed by atoms with Crippen molar-refractivity contribution in [1.82, 2.24) is 0 Å². The molecule has 2 aromatic carbocycles. The van der Waals surface area contributed by atoms with Crippen LogP contribution in [0.25, 0.3) is 10.8 Å². The molecule has 118 valence electrons. The number of fused-ring (bicyclic) bond motifs is 1. The Morgan fingerprint density at radius 3 is 1.68 bits per heavy atom. The van der Waals surface area contributed by atoms with Gasteiger partial charge < -0.3 is 4.74 Å². The van der Waals surface area contributed by atoms with Crippen LogP contribution < -0.4 is 0 Å². The lowest BCUT2D eigenvalue weighted by atomic mass is 10.0. The van der Waals surface area contributed by atoms with Crippen molar-refractivity contribution in [2.24, 2.45) is 5.92 Å². The van der Waals surface area contributed by atoms with Crippen LogP contribution in [0.5, 0.6) is 0 Å². The zero-order valence-corrected chi connectivity index (χ0v) is 14.0. The van der Waals surface area contributed by atoms with Crippen LogP contribution in [0.15, 0.2) is 36.4 Å². The molecule has 0 aromatic heterocycles. The number of rotatable bonds is 4. The summed E-state index contributed by atoms with van der Waals surface area (Å²) in [6, 6.07) is 17.9. The van der Waals surface area contributed by atoms with Gasteiger partial charge in [0, 0.05) is 7.11 Å². The lowest BCUT2D eigenvalue weighted by molar-refractivity contribution is -0.132. The minimum absolute atomic E-state index is 0.130. The highest BCUT2D eigenvalue weighted by Crippen LogP contribution is 2.08. The van der Waals surface area contributed by atoms with Crippen LogP contribution in [-0.4, -0.2) is 25.3 Å². The standard InChI is InChI=1S/C10H6.C7H12O3.C2H6/c1-2-6-10-8-4-3-7-9(10)5-1;1-5(8)7(4-10-3)6(2)9;1-2/h1-2,5-8H;7H,4H2,1-3H3;1-2H3. The van der Waals surface area contributed by atoms with Crippen molar-refractivity contribution in [3.8, 4) is 0 Å². The summed E-state index contributed by atoms with van der Waals surface area (Å²) in [5.41, 5.74) is 0. The number of methoxy groups -OCH3 is 1. The molecule has 22 heavy (non-hydrogen) atoms. The Morgan fingerprint density at radius 2 is 1.41 bits per heavy atom. The maximum atomic E-state index is 10.7. The number of hydrogen-bond acceptors (Lipinski definition) is 3. The molecule has 3 heteroatoms. The number of carbonyl (C=O) groups excluding carboxylic acids is 2. The van der Waals surface area contributed by atoms with Crippen molar-refractivity contribution in [3.05, 3.63) is 48.5 Å². The van der Waals surface area contributed by atoms with E-state index in [9.17, 15) is 9.59 Å². The Hall–Kier alpha value is -2.18. The second-order valence-corrected chi connectivity index (χ2v) is 4.44. The first-order valence-corrected chi connectivity index (χ1v) is 7.32. The van der Waals surface area contributed by atoms with Crippen molar-refractivity contribution < 1.29 is 14.3 Å². The third-order valence-corrected chi connectivity index (χ3v) is 2.85. The largest absolute Gasteiger partial charge is 0.383 e. The molecule has 0 saturated heterocycles. The highest BCUT2D eigenvalue weighted by molar-refractivity contribution is 6.00. The molecule has 0 unspecified atom stereocenters. The van der Waals surface area contributed by atoms with Gasteiger partial charge in [0.05, 0.1) is 12.5 Å². The van der Waals surface area contributed by atoms with E-state index in [-0.39, 0.29) is 18.2 Å². The van der Waals surface area contributed by atoms with E-state index < -0.39 is 5.92 Å². The smallest absolute Gasteiger partial charge is 0.142 e. The minimum Gasteiger partial charge on any atom is -0.383 e. The van der Waals surface area contributed by atoms with Crippen LogP contribution in [0.3, 0.4) is 0 Å². The van der Waals surface area contributed by atoms with Crippen molar-refractivity contribution in [2.75, 3.05) is 13.7 Å². The van der Waals surface area contributed by atoms with Crippen LogP contribution >= 0.6 is 0 Å². The zero-order valence-electron chi connectivity index (χ0n) is 14.0. The minimum atomic E-state index is -0.565. The predicted octanol–water partition coefficient (Wildman–Crippen LogP) is 3.89. The number of hydrogen-bond donors (Lipinski definition) is 0. The van der Waals surface area contributed by atoms with E-state index >= 15 is 0 Å². The maximum absolute atomic E-state index is 10.7. The van der Waals surface area contributed by atoms with Crippen LogP contribution in [0.4, 0.5) is 0 Å². The fourth-order valence-corrected chi connectivity index (χ4v) is 1.70. The second-order valence-electron chi connectivity index (χ2n) is 4.44. The molecule has 0 heterocycles. The molecular weight excluding hydrogens is 276 g/mol. The van der Waals surface area contributed by atoms with Crippen molar-refractivity contribution in [2.45, 2.75) is 27.7 Å². The number of ketones is 2. The number of Topliss-reactive ketones (excluding diaryl/α,β-unsaturated/α-hetero) is 2. The Kier molecular flexibility index (Phi) is 10.3. The Bertz CT molecular complexity index is 496. The average Bonchev–Trinajstić information content (AvgIpc) is 2.54. The molecule has 0 amide bonds. The topological polar surface area (TPSA) is 43.4 Å². The normalized spacial score (nSPS) is 9.00. The van der Waals surface area contributed by atoms with E-state index in [4.69, 9.17) is 0 Å². The second kappa shape index (κ2) is 11.5.